The van der Waals surface area contributed by atoms with E-state index in [9.17, 15) is 4.79 Å². The number of aromatic nitrogens is 3. The van der Waals surface area contributed by atoms with Crippen molar-refractivity contribution in [1.82, 2.24) is 24.6 Å². The standard InChI is InChI=1S/C22H24N6O/c29-22(18-14-24-28(15-18)19-6-2-1-3-7-19)27-16-20(17-27)25-10-12-26(13-11-25)21-8-4-5-9-23-21/h1-9,14-15,20H,10-13,16-17H2. The number of piperazine rings is 1. The largest absolute Gasteiger partial charge is 0.354 e. The molecule has 0 atom stereocenters. The molecule has 0 unspecified atom stereocenters. The van der Waals surface area contributed by atoms with Gasteiger partial charge in [0.1, 0.15) is 5.82 Å². The Kier molecular flexibility index (Phi) is 4.73. The summed E-state index contributed by atoms with van der Waals surface area (Å²) in [6, 6.07) is 16.3. The number of hydrogen-bond acceptors (Lipinski definition) is 5. The number of anilines is 1. The predicted molar refractivity (Wildman–Crippen MR) is 111 cm³/mol. The smallest absolute Gasteiger partial charge is 0.257 e. The highest BCUT2D eigenvalue weighted by atomic mass is 16.2. The molecule has 29 heavy (non-hydrogen) atoms. The van der Waals surface area contributed by atoms with Crippen molar-refractivity contribution in [3.05, 3.63) is 72.7 Å². The molecule has 0 spiro atoms. The first kappa shape index (κ1) is 17.9. The molecule has 2 aliphatic rings. The Balaban J connectivity index is 1.14. The lowest BCUT2D eigenvalue weighted by Crippen LogP contribution is -2.64. The van der Waals surface area contributed by atoms with Crippen molar-refractivity contribution in [1.29, 1.82) is 0 Å². The molecule has 5 rings (SSSR count). The quantitative estimate of drug-likeness (QED) is 0.683. The molecule has 2 aromatic heterocycles. The summed E-state index contributed by atoms with van der Waals surface area (Å²) >= 11 is 0. The summed E-state index contributed by atoms with van der Waals surface area (Å²) in [6.45, 7) is 5.55. The van der Waals surface area contributed by atoms with Gasteiger partial charge in [0, 0.05) is 57.7 Å². The number of likely N-dealkylation sites (tertiary alicyclic amines) is 1. The summed E-state index contributed by atoms with van der Waals surface area (Å²) in [4.78, 5) is 24.0. The van der Waals surface area contributed by atoms with Gasteiger partial charge in [-0.25, -0.2) is 9.67 Å². The van der Waals surface area contributed by atoms with Crippen LogP contribution in [0, 0.1) is 0 Å². The van der Waals surface area contributed by atoms with Crippen molar-refractivity contribution in [2.24, 2.45) is 0 Å². The van der Waals surface area contributed by atoms with E-state index in [1.54, 1.807) is 10.9 Å². The molecule has 7 heteroatoms. The monoisotopic (exact) mass is 388 g/mol. The molecule has 0 N–H and O–H groups in total. The van der Waals surface area contributed by atoms with Crippen LogP contribution in [0.5, 0.6) is 0 Å². The highest BCUT2D eigenvalue weighted by Crippen LogP contribution is 2.21. The van der Waals surface area contributed by atoms with Crippen LogP contribution in [0.25, 0.3) is 5.69 Å². The van der Waals surface area contributed by atoms with Crippen molar-refractivity contribution in [2.45, 2.75) is 6.04 Å². The fourth-order valence-corrected chi connectivity index (χ4v) is 4.05. The van der Waals surface area contributed by atoms with E-state index in [1.165, 1.54) is 0 Å². The third-order valence-electron chi connectivity index (χ3n) is 5.80. The molecule has 0 saturated carbocycles. The minimum absolute atomic E-state index is 0.0653. The van der Waals surface area contributed by atoms with Crippen LogP contribution in [-0.2, 0) is 0 Å². The van der Waals surface area contributed by atoms with Crippen LogP contribution in [0.2, 0.25) is 0 Å². The molecule has 7 nitrogen and oxygen atoms in total. The molecule has 2 aliphatic heterocycles. The van der Waals surface area contributed by atoms with Crippen LogP contribution in [0.4, 0.5) is 5.82 Å². The fraction of sp³-hybridized carbons (Fsp3) is 0.318. The molecule has 1 aromatic carbocycles. The van der Waals surface area contributed by atoms with E-state index in [2.05, 4.69) is 25.9 Å². The lowest BCUT2D eigenvalue weighted by molar-refractivity contribution is 0.0246. The number of carbonyl (C=O) groups is 1. The Morgan fingerprint density at radius 1 is 0.931 bits per heavy atom. The second-order valence-corrected chi connectivity index (χ2v) is 7.58. The summed E-state index contributed by atoms with van der Waals surface area (Å²) in [7, 11) is 0. The molecular weight excluding hydrogens is 364 g/mol. The number of benzene rings is 1. The van der Waals surface area contributed by atoms with Crippen LogP contribution >= 0.6 is 0 Å². The zero-order valence-corrected chi connectivity index (χ0v) is 16.3. The molecule has 4 heterocycles. The van der Waals surface area contributed by atoms with Gasteiger partial charge in [0.15, 0.2) is 0 Å². The first-order valence-electron chi connectivity index (χ1n) is 10.1. The molecule has 2 saturated heterocycles. The number of hydrogen-bond donors (Lipinski definition) is 0. The Morgan fingerprint density at radius 2 is 1.69 bits per heavy atom. The number of rotatable bonds is 4. The van der Waals surface area contributed by atoms with Crippen LogP contribution in [-0.4, -0.2) is 75.8 Å². The molecule has 2 fully saturated rings. The second kappa shape index (κ2) is 7.67. The van der Waals surface area contributed by atoms with Crippen molar-refractivity contribution >= 4 is 11.7 Å². The summed E-state index contributed by atoms with van der Waals surface area (Å²) in [5.41, 5.74) is 1.60. The van der Waals surface area contributed by atoms with E-state index in [0.29, 0.717) is 11.6 Å². The van der Waals surface area contributed by atoms with Crippen LogP contribution in [0.1, 0.15) is 10.4 Å². The van der Waals surface area contributed by atoms with Gasteiger partial charge in [-0.2, -0.15) is 5.10 Å². The Hall–Kier alpha value is -3.19. The molecule has 148 valence electrons. The van der Waals surface area contributed by atoms with Gasteiger partial charge in [-0.05, 0) is 24.3 Å². The van der Waals surface area contributed by atoms with Crippen LogP contribution in [0.15, 0.2) is 67.1 Å². The minimum Gasteiger partial charge on any atom is -0.354 e. The topological polar surface area (TPSA) is 57.5 Å². The zero-order chi connectivity index (χ0) is 19.6. The van der Waals surface area contributed by atoms with Gasteiger partial charge in [0.2, 0.25) is 0 Å². The first-order valence-corrected chi connectivity index (χ1v) is 10.1. The SMILES string of the molecule is O=C(c1cnn(-c2ccccc2)c1)N1CC(N2CCN(c3ccccn3)CC2)C1. The minimum atomic E-state index is 0.0653. The molecule has 0 radical (unpaired) electrons. The number of para-hydroxylation sites is 1. The molecule has 0 aliphatic carbocycles. The van der Waals surface area contributed by atoms with Crippen LogP contribution < -0.4 is 4.90 Å². The van der Waals surface area contributed by atoms with Gasteiger partial charge in [0.05, 0.1) is 17.4 Å². The van der Waals surface area contributed by atoms with E-state index in [-0.39, 0.29) is 5.91 Å². The lowest BCUT2D eigenvalue weighted by atomic mass is 10.0. The maximum atomic E-state index is 12.8. The van der Waals surface area contributed by atoms with E-state index in [1.807, 2.05) is 59.8 Å². The summed E-state index contributed by atoms with van der Waals surface area (Å²) in [5, 5.41) is 4.34. The normalized spacial score (nSPS) is 17.9. The Labute approximate surface area is 170 Å². The van der Waals surface area contributed by atoms with Crippen LogP contribution in [0.3, 0.4) is 0 Å². The first-order chi connectivity index (χ1) is 14.3. The lowest BCUT2D eigenvalue weighted by Gasteiger charge is -2.48. The summed E-state index contributed by atoms with van der Waals surface area (Å²) in [5.74, 6) is 1.11. The third kappa shape index (κ3) is 3.61. The molecule has 0 bridgehead atoms. The van der Waals surface area contributed by atoms with Crippen molar-refractivity contribution in [3.8, 4) is 5.69 Å². The van der Waals surface area contributed by atoms with Gasteiger partial charge in [-0.15, -0.1) is 0 Å². The van der Waals surface area contributed by atoms with E-state index in [0.717, 1.165) is 50.8 Å². The highest BCUT2D eigenvalue weighted by molar-refractivity contribution is 5.94. The number of carbonyl (C=O) groups excluding carboxylic acids is 1. The average molecular weight is 388 g/mol. The van der Waals surface area contributed by atoms with Crippen molar-refractivity contribution in [2.75, 3.05) is 44.2 Å². The van der Waals surface area contributed by atoms with E-state index in [4.69, 9.17) is 0 Å². The second-order valence-electron chi connectivity index (χ2n) is 7.58. The van der Waals surface area contributed by atoms with Crippen molar-refractivity contribution < 1.29 is 4.79 Å². The van der Waals surface area contributed by atoms with Gasteiger partial charge < -0.3 is 9.80 Å². The number of pyridine rings is 1. The third-order valence-corrected chi connectivity index (χ3v) is 5.80. The van der Waals surface area contributed by atoms with Gasteiger partial charge >= 0.3 is 0 Å². The van der Waals surface area contributed by atoms with E-state index < -0.39 is 0 Å². The van der Waals surface area contributed by atoms with Crippen molar-refractivity contribution in [3.63, 3.8) is 0 Å². The number of amides is 1. The highest BCUT2D eigenvalue weighted by Gasteiger charge is 2.36. The number of nitrogens with zero attached hydrogens (tertiary/aromatic N) is 6. The average Bonchev–Trinajstić information content (AvgIpc) is 3.25. The van der Waals surface area contributed by atoms with E-state index >= 15 is 0 Å². The zero-order valence-electron chi connectivity index (χ0n) is 16.3. The molecule has 3 aromatic rings. The molecular formula is C22H24N6O. The maximum absolute atomic E-state index is 12.8. The summed E-state index contributed by atoms with van der Waals surface area (Å²) < 4.78 is 1.75. The summed E-state index contributed by atoms with van der Waals surface area (Å²) in [6.07, 6.45) is 5.32. The Morgan fingerprint density at radius 3 is 2.41 bits per heavy atom. The Bertz CT molecular complexity index is 959. The van der Waals surface area contributed by atoms with Gasteiger partial charge in [0.25, 0.3) is 5.91 Å². The van der Waals surface area contributed by atoms with Gasteiger partial charge in [-0.1, -0.05) is 24.3 Å². The van der Waals surface area contributed by atoms with Gasteiger partial charge in [-0.3, -0.25) is 9.69 Å². The predicted octanol–water partition coefficient (Wildman–Crippen LogP) is 1.91. The molecule has 1 amide bonds. The maximum Gasteiger partial charge on any atom is 0.257 e. The fourth-order valence-electron chi connectivity index (χ4n) is 4.05.